The van der Waals surface area contributed by atoms with Gasteiger partial charge in [0.1, 0.15) is 0 Å². The van der Waals surface area contributed by atoms with E-state index in [1.807, 2.05) is 11.8 Å². The molecular weight excluding hydrogens is 158 g/mol. The molecule has 1 rings (SSSR count). The molecule has 0 aromatic rings. The van der Waals surface area contributed by atoms with Crippen LogP contribution in [0, 0.1) is 0 Å². The van der Waals surface area contributed by atoms with Crippen LogP contribution in [0.1, 0.15) is 13.3 Å². The number of ether oxygens (including phenoxy) is 1. The van der Waals surface area contributed by atoms with E-state index in [1.165, 1.54) is 12.2 Å². The summed E-state index contributed by atoms with van der Waals surface area (Å²) < 4.78 is 5.08. The van der Waals surface area contributed by atoms with Crippen LogP contribution in [0.5, 0.6) is 0 Å². The molecule has 1 heterocycles. The molecule has 0 atom stereocenters. The summed E-state index contributed by atoms with van der Waals surface area (Å²) in [6.45, 7) is 6.36. The van der Waals surface area contributed by atoms with E-state index in [-0.39, 0.29) is 0 Å². The number of rotatable bonds is 6. The molecule has 1 aliphatic rings. The smallest absolute Gasteiger partial charge is 0.0607 e. The zero-order valence-corrected chi connectivity index (χ0v) is 7.95. The highest BCUT2D eigenvalue weighted by atomic mass is 32.2. The van der Waals surface area contributed by atoms with Crippen LogP contribution in [0.3, 0.4) is 0 Å². The average molecular weight is 175 g/mol. The number of nitrogens with one attached hydrogen (secondary N) is 1. The summed E-state index contributed by atoms with van der Waals surface area (Å²) >= 11 is 2.05. The number of hydrogen-bond acceptors (Lipinski definition) is 3. The Morgan fingerprint density at radius 1 is 1.55 bits per heavy atom. The largest absolute Gasteiger partial charge is 0.379 e. The molecule has 0 amide bonds. The molecule has 0 saturated carbocycles. The van der Waals surface area contributed by atoms with E-state index < -0.39 is 0 Å². The lowest BCUT2D eigenvalue weighted by Gasteiger charge is -2.25. The summed E-state index contributed by atoms with van der Waals surface area (Å²) in [6.07, 6.45) is 1.29. The van der Waals surface area contributed by atoms with Gasteiger partial charge in [-0.2, -0.15) is 11.8 Å². The van der Waals surface area contributed by atoms with Crippen molar-refractivity contribution < 1.29 is 4.74 Å². The SMILES string of the molecule is CCNCCCSC1COC1. The zero-order valence-electron chi connectivity index (χ0n) is 7.14. The third kappa shape index (κ3) is 3.99. The Morgan fingerprint density at radius 3 is 2.91 bits per heavy atom. The third-order valence-electron chi connectivity index (χ3n) is 1.71. The molecule has 0 radical (unpaired) electrons. The predicted octanol–water partition coefficient (Wildman–Crippen LogP) is 1.12. The molecule has 66 valence electrons. The minimum Gasteiger partial charge on any atom is -0.379 e. The van der Waals surface area contributed by atoms with E-state index in [0.717, 1.165) is 31.6 Å². The molecule has 11 heavy (non-hydrogen) atoms. The Hall–Kier alpha value is 0.270. The average Bonchev–Trinajstić information content (AvgIpc) is 1.93. The molecule has 0 aliphatic carbocycles. The minimum absolute atomic E-state index is 0.802. The van der Waals surface area contributed by atoms with Gasteiger partial charge in [-0.1, -0.05) is 6.92 Å². The first-order chi connectivity index (χ1) is 5.43. The highest BCUT2D eigenvalue weighted by Gasteiger charge is 2.17. The van der Waals surface area contributed by atoms with Crippen molar-refractivity contribution >= 4 is 11.8 Å². The maximum atomic E-state index is 5.08. The van der Waals surface area contributed by atoms with Crippen LogP contribution in [-0.4, -0.2) is 37.3 Å². The van der Waals surface area contributed by atoms with E-state index in [2.05, 4.69) is 12.2 Å². The van der Waals surface area contributed by atoms with Crippen molar-refractivity contribution in [1.29, 1.82) is 0 Å². The molecule has 1 fully saturated rings. The van der Waals surface area contributed by atoms with Crippen LogP contribution in [-0.2, 0) is 4.74 Å². The second-order valence-corrected chi connectivity index (χ2v) is 4.15. The summed E-state index contributed by atoms with van der Waals surface area (Å²) in [4.78, 5) is 0. The Morgan fingerprint density at radius 2 is 2.36 bits per heavy atom. The van der Waals surface area contributed by atoms with Gasteiger partial charge in [0.25, 0.3) is 0 Å². The van der Waals surface area contributed by atoms with Gasteiger partial charge < -0.3 is 10.1 Å². The molecule has 1 aliphatic heterocycles. The summed E-state index contributed by atoms with van der Waals surface area (Å²) in [5.41, 5.74) is 0. The Balaban J connectivity index is 1.73. The lowest BCUT2D eigenvalue weighted by molar-refractivity contribution is 0.0455. The monoisotopic (exact) mass is 175 g/mol. The number of thioether (sulfide) groups is 1. The van der Waals surface area contributed by atoms with Crippen LogP contribution >= 0.6 is 11.8 Å². The number of hydrogen-bond donors (Lipinski definition) is 1. The van der Waals surface area contributed by atoms with Gasteiger partial charge in [0.05, 0.1) is 18.5 Å². The molecule has 0 unspecified atom stereocenters. The third-order valence-corrected chi connectivity index (χ3v) is 2.98. The summed E-state index contributed by atoms with van der Waals surface area (Å²) in [5.74, 6) is 1.28. The second kappa shape index (κ2) is 5.86. The van der Waals surface area contributed by atoms with Gasteiger partial charge in [0.2, 0.25) is 0 Å². The second-order valence-electron chi connectivity index (χ2n) is 2.74. The normalized spacial score (nSPS) is 18.3. The van der Waals surface area contributed by atoms with Crippen molar-refractivity contribution in [3.63, 3.8) is 0 Å². The lowest BCUT2D eigenvalue weighted by atomic mass is 10.4. The molecule has 0 aromatic heterocycles. The topological polar surface area (TPSA) is 21.3 Å². The Labute approximate surface area is 73.1 Å². The van der Waals surface area contributed by atoms with E-state index in [1.54, 1.807) is 0 Å². The van der Waals surface area contributed by atoms with E-state index >= 15 is 0 Å². The van der Waals surface area contributed by atoms with Gasteiger partial charge in [0.15, 0.2) is 0 Å². The van der Waals surface area contributed by atoms with Crippen molar-refractivity contribution in [3.05, 3.63) is 0 Å². The molecule has 0 spiro atoms. The van der Waals surface area contributed by atoms with E-state index in [9.17, 15) is 0 Å². The van der Waals surface area contributed by atoms with Crippen LogP contribution in [0.2, 0.25) is 0 Å². The van der Waals surface area contributed by atoms with Crippen molar-refractivity contribution in [2.75, 3.05) is 32.1 Å². The van der Waals surface area contributed by atoms with Crippen LogP contribution < -0.4 is 5.32 Å². The quantitative estimate of drug-likeness (QED) is 0.611. The fraction of sp³-hybridized carbons (Fsp3) is 1.00. The lowest BCUT2D eigenvalue weighted by Crippen LogP contribution is -2.30. The van der Waals surface area contributed by atoms with Crippen LogP contribution in [0.4, 0.5) is 0 Å². The highest BCUT2D eigenvalue weighted by molar-refractivity contribution is 8.00. The van der Waals surface area contributed by atoms with Gasteiger partial charge in [-0.05, 0) is 25.3 Å². The van der Waals surface area contributed by atoms with Gasteiger partial charge in [-0.15, -0.1) is 0 Å². The van der Waals surface area contributed by atoms with Crippen molar-refractivity contribution in [1.82, 2.24) is 5.32 Å². The van der Waals surface area contributed by atoms with Gasteiger partial charge in [0, 0.05) is 0 Å². The molecular formula is C8H17NOS. The predicted molar refractivity (Wildman–Crippen MR) is 50.2 cm³/mol. The standard InChI is InChI=1S/C8H17NOS/c1-2-9-4-3-5-11-8-6-10-7-8/h8-9H,2-7H2,1H3. The highest BCUT2D eigenvalue weighted by Crippen LogP contribution is 2.18. The summed E-state index contributed by atoms with van der Waals surface area (Å²) in [5, 5.41) is 4.12. The Bertz CT molecular complexity index is 96.1. The zero-order chi connectivity index (χ0) is 7.94. The van der Waals surface area contributed by atoms with Crippen molar-refractivity contribution in [2.45, 2.75) is 18.6 Å². The van der Waals surface area contributed by atoms with Crippen molar-refractivity contribution in [3.8, 4) is 0 Å². The molecule has 3 heteroatoms. The first-order valence-electron chi connectivity index (χ1n) is 4.33. The summed E-state index contributed by atoms with van der Waals surface area (Å²) in [6, 6.07) is 0. The maximum Gasteiger partial charge on any atom is 0.0607 e. The van der Waals surface area contributed by atoms with Gasteiger partial charge >= 0.3 is 0 Å². The summed E-state index contributed by atoms with van der Waals surface area (Å²) in [7, 11) is 0. The van der Waals surface area contributed by atoms with E-state index in [4.69, 9.17) is 4.74 Å². The molecule has 1 saturated heterocycles. The van der Waals surface area contributed by atoms with Crippen LogP contribution in [0.25, 0.3) is 0 Å². The maximum absolute atomic E-state index is 5.08. The Kier molecular flexibility index (Phi) is 4.99. The molecule has 2 nitrogen and oxygen atoms in total. The fourth-order valence-electron chi connectivity index (χ4n) is 0.934. The van der Waals surface area contributed by atoms with Gasteiger partial charge in [-0.25, -0.2) is 0 Å². The molecule has 1 N–H and O–H groups in total. The molecule has 0 bridgehead atoms. The first-order valence-corrected chi connectivity index (χ1v) is 5.38. The van der Waals surface area contributed by atoms with Gasteiger partial charge in [-0.3, -0.25) is 0 Å². The van der Waals surface area contributed by atoms with E-state index in [0.29, 0.717) is 0 Å². The minimum atomic E-state index is 0.802. The van der Waals surface area contributed by atoms with Crippen molar-refractivity contribution in [2.24, 2.45) is 0 Å². The molecule has 0 aromatic carbocycles. The first kappa shape index (κ1) is 9.36. The van der Waals surface area contributed by atoms with Crippen LogP contribution in [0.15, 0.2) is 0 Å². The fourth-order valence-corrected chi connectivity index (χ4v) is 1.96.